The molecule has 152 valence electrons. The Morgan fingerprint density at radius 1 is 1.28 bits per heavy atom. The lowest BCUT2D eigenvalue weighted by atomic mass is 10.00. The van der Waals surface area contributed by atoms with Gasteiger partial charge in [0.05, 0.1) is 29.5 Å². The van der Waals surface area contributed by atoms with E-state index in [1.165, 1.54) is 0 Å². The van der Waals surface area contributed by atoms with E-state index in [4.69, 9.17) is 4.74 Å². The van der Waals surface area contributed by atoms with Crippen LogP contribution in [0.1, 0.15) is 45.9 Å². The summed E-state index contributed by atoms with van der Waals surface area (Å²) in [5.41, 5.74) is 2.46. The number of fused-ring (bicyclic) bond motifs is 4. The number of nitrogens with zero attached hydrogens (tertiary/aromatic N) is 2. The highest BCUT2D eigenvalue weighted by molar-refractivity contribution is 5.97. The number of pyridine rings is 2. The zero-order chi connectivity index (χ0) is 21.0. The first kappa shape index (κ1) is 20.5. The highest BCUT2D eigenvalue weighted by atomic mass is 16.6. The molecule has 0 saturated carbocycles. The second-order valence-corrected chi connectivity index (χ2v) is 8.03. The van der Waals surface area contributed by atoms with E-state index >= 15 is 0 Å². The fraction of sp³-hybridized carbons (Fsp3) is 0.364. The minimum atomic E-state index is -0.598. The molecule has 1 aliphatic heterocycles. The van der Waals surface area contributed by atoms with Crippen molar-refractivity contribution in [2.75, 3.05) is 5.32 Å². The lowest BCUT2D eigenvalue weighted by Crippen LogP contribution is -2.35. The Morgan fingerprint density at radius 2 is 2.07 bits per heavy atom. The molecular formula is C22H26N4O3. The molecule has 1 unspecified atom stereocenters. The van der Waals surface area contributed by atoms with Gasteiger partial charge in [0.2, 0.25) is 5.91 Å². The van der Waals surface area contributed by atoms with Gasteiger partial charge in [-0.05, 0) is 51.0 Å². The third kappa shape index (κ3) is 5.40. The smallest absolute Gasteiger partial charge is 0.408 e. The van der Waals surface area contributed by atoms with Crippen molar-refractivity contribution in [3.05, 3.63) is 54.6 Å². The number of nitrogens with one attached hydrogen (secondary N) is 2. The molecule has 2 bridgehead atoms. The van der Waals surface area contributed by atoms with E-state index in [0.717, 1.165) is 11.1 Å². The molecule has 2 aromatic rings. The summed E-state index contributed by atoms with van der Waals surface area (Å²) in [6.07, 6.45) is 8.68. The molecule has 0 aliphatic carbocycles. The van der Waals surface area contributed by atoms with Crippen LogP contribution in [0.5, 0.6) is 0 Å². The van der Waals surface area contributed by atoms with Crippen molar-refractivity contribution >= 4 is 17.7 Å². The molecule has 0 saturated heterocycles. The van der Waals surface area contributed by atoms with Gasteiger partial charge in [-0.3, -0.25) is 14.8 Å². The summed E-state index contributed by atoms with van der Waals surface area (Å²) in [6.45, 7) is 7.27. The number of anilines is 1. The summed E-state index contributed by atoms with van der Waals surface area (Å²) in [5, 5.41) is 5.84. The van der Waals surface area contributed by atoms with Crippen LogP contribution in [0.25, 0.3) is 11.1 Å². The van der Waals surface area contributed by atoms with Crippen LogP contribution in [0.3, 0.4) is 0 Å². The normalized spacial score (nSPS) is 19.2. The zero-order valence-electron chi connectivity index (χ0n) is 17.1. The topological polar surface area (TPSA) is 93.2 Å². The SMILES string of the molecule is CC1C=CC[C@H](NC(=O)OC(C)(C)C)c2cc(ccn2)-c2ccncc2NC1=O. The molecule has 29 heavy (non-hydrogen) atoms. The minimum absolute atomic E-state index is 0.123. The summed E-state index contributed by atoms with van der Waals surface area (Å²) in [6, 6.07) is 5.23. The van der Waals surface area contributed by atoms with Crippen molar-refractivity contribution in [2.45, 2.75) is 45.8 Å². The Kier molecular flexibility index (Phi) is 5.96. The van der Waals surface area contributed by atoms with Gasteiger partial charge < -0.3 is 15.4 Å². The van der Waals surface area contributed by atoms with Gasteiger partial charge in [0, 0.05) is 18.0 Å². The van der Waals surface area contributed by atoms with E-state index < -0.39 is 11.7 Å². The van der Waals surface area contributed by atoms with Crippen molar-refractivity contribution in [3.63, 3.8) is 0 Å². The Morgan fingerprint density at radius 3 is 2.83 bits per heavy atom. The Bertz CT molecular complexity index is 934. The number of hydrogen-bond acceptors (Lipinski definition) is 5. The van der Waals surface area contributed by atoms with Crippen LogP contribution in [-0.2, 0) is 9.53 Å². The van der Waals surface area contributed by atoms with Crippen LogP contribution in [0.2, 0.25) is 0 Å². The molecule has 0 aromatic carbocycles. The van der Waals surface area contributed by atoms with E-state index in [9.17, 15) is 9.59 Å². The van der Waals surface area contributed by atoms with Gasteiger partial charge in [-0.1, -0.05) is 19.1 Å². The molecule has 2 amide bonds. The predicted molar refractivity (Wildman–Crippen MR) is 111 cm³/mol. The highest BCUT2D eigenvalue weighted by Gasteiger charge is 2.22. The number of alkyl carbamates (subject to hydrolysis) is 1. The van der Waals surface area contributed by atoms with Crippen molar-refractivity contribution in [3.8, 4) is 11.1 Å². The number of aromatic nitrogens is 2. The molecule has 0 fully saturated rings. The Labute approximate surface area is 170 Å². The summed E-state index contributed by atoms with van der Waals surface area (Å²) in [7, 11) is 0. The molecule has 2 N–H and O–H groups in total. The van der Waals surface area contributed by atoms with Crippen LogP contribution in [0, 0.1) is 5.92 Å². The fourth-order valence-electron chi connectivity index (χ4n) is 3.01. The van der Waals surface area contributed by atoms with E-state index in [2.05, 4.69) is 20.6 Å². The van der Waals surface area contributed by atoms with Crippen molar-refractivity contribution in [1.29, 1.82) is 0 Å². The maximum Gasteiger partial charge on any atom is 0.408 e. The maximum atomic E-state index is 12.5. The molecule has 0 spiro atoms. The maximum absolute atomic E-state index is 12.5. The fourth-order valence-corrected chi connectivity index (χ4v) is 3.01. The predicted octanol–water partition coefficient (Wildman–Crippen LogP) is 4.24. The number of ether oxygens (including phenoxy) is 1. The summed E-state index contributed by atoms with van der Waals surface area (Å²) in [4.78, 5) is 33.5. The van der Waals surface area contributed by atoms with Crippen molar-refractivity contribution in [2.24, 2.45) is 5.92 Å². The lowest BCUT2D eigenvalue weighted by Gasteiger charge is -2.23. The molecule has 3 rings (SSSR count). The lowest BCUT2D eigenvalue weighted by molar-refractivity contribution is -0.118. The first-order chi connectivity index (χ1) is 13.7. The van der Waals surface area contributed by atoms with Crippen LogP contribution in [-0.4, -0.2) is 27.6 Å². The quantitative estimate of drug-likeness (QED) is 0.706. The van der Waals surface area contributed by atoms with Crippen LogP contribution >= 0.6 is 0 Å². The van der Waals surface area contributed by atoms with E-state index in [1.807, 2.05) is 58.0 Å². The van der Waals surface area contributed by atoms with Crippen LogP contribution in [0.4, 0.5) is 10.5 Å². The summed E-state index contributed by atoms with van der Waals surface area (Å²) < 4.78 is 5.41. The summed E-state index contributed by atoms with van der Waals surface area (Å²) >= 11 is 0. The molecule has 2 aromatic heterocycles. The molecular weight excluding hydrogens is 368 g/mol. The molecule has 1 aliphatic rings. The van der Waals surface area contributed by atoms with Gasteiger partial charge in [-0.15, -0.1) is 0 Å². The number of carbonyl (C=O) groups excluding carboxylic acids is 2. The van der Waals surface area contributed by atoms with Gasteiger partial charge in [0.25, 0.3) is 0 Å². The first-order valence-corrected chi connectivity index (χ1v) is 9.60. The largest absolute Gasteiger partial charge is 0.444 e. The van der Waals surface area contributed by atoms with Gasteiger partial charge in [0.1, 0.15) is 5.60 Å². The standard InChI is InChI=1S/C22H26N4O3/c1-14-6-5-7-17(26-21(28)29-22(2,3)4)18-12-15(8-11-24-18)16-9-10-23-13-19(16)25-20(14)27/h5-6,8-14,17H,7H2,1-4H3,(H,25,27)(H,26,28)/t14?,17-/m0/s1. The number of carbonyl (C=O) groups is 2. The molecule has 3 heterocycles. The third-order valence-electron chi connectivity index (χ3n) is 4.43. The van der Waals surface area contributed by atoms with Gasteiger partial charge >= 0.3 is 6.09 Å². The minimum Gasteiger partial charge on any atom is -0.444 e. The first-order valence-electron chi connectivity index (χ1n) is 9.60. The van der Waals surface area contributed by atoms with Gasteiger partial charge in [0.15, 0.2) is 0 Å². The molecule has 7 nitrogen and oxygen atoms in total. The number of hydrogen-bond donors (Lipinski definition) is 2. The number of amides is 2. The average molecular weight is 394 g/mol. The number of rotatable bonds is 1. The highest BCUT2D eigenvalue weighted by Crippen LogP contribution is 2.30. The Balaban J connectivity index is 2.01. The van der Waals surface area contributed by atoms with E-state index in [1.54, 1.807) is 18.6 Å². The molecule has 2 atom stereocenters. The van der Waals surface area contributed by atoms with Crippen LogP contribution in [0.15, 0.2) is 48.9 Å². The molecule has 0 radical (unpaired) electrons. The second kappa shape index (κ2) is 8.43. The monoisotopic (exact) mass is 394 g/mol. The van der Waals surface area contributed by atoms with Crippen LogP contribution < -0.4 is 10.6 Å². The van der Waals surface area contributed by atoms with Gasteiger partial charge in [-0.25, -0.2) is 4.79 Å². The van der Waals surface area contributed by atoms with Crippen molar-refractivity contribution in [1.82, 2.24) is 15.3 Å². The second-order valence-electron chi connectivity index (χ2n) is 8.03. The Hall–Kier alpha value is -3.22. The zero-order valence-corrected chi connectivity index (χ0v) is 17.1. The van der Waals surface area contributed by atoms with Crippen molar-refractivity contribution < 1.29 is 14.3 Å². The average Bonchev–Trinajstić information content (AvgIpc) is 2.65. The summed E-state index contributed by atoms with van der Waals surface area (Å²) in [5.74, 6) is -0.460. The van der Waals surface area contributed by atoms with Gasteiger partial charge in [-0.2, -0.15) is 0 Å². The third-order valence-corrected chi connectivity index (χ3v) is 4.43. The molecule has 7 heteroatoms. The van der Waals surface area contributed by atoms with E-state index in [0.29, 0.717) is 17.8 Å². The van der Waals surface area contributed by atoms with E-state index in [-0.39, 0.29) is 17.9 Å².